The molecule has 0 spiro atoms. The first-order valence-corrected chi connectivity index (χ1v) is 7.37. The van der Waals surface area contributed by atoms with Crippen LogP contribution < -0.4 is 10.6 Å². The first-order valence-electron chi connectivity index (χ1n) is 7.37. The molecule has 130 valence electrons. The Morgan fingerprint density at radius 2 is 1.92 bits per heavy atom. The van der Waals surface area contributed by atoms with E-state index in [1.807, 2.05) is 12.2 Å². The Kier molecular flexibility index (Phi) is 5.60. The molecule has 0 bridgehead atoms. The van der Waals surface area contributed by atoms with Crippen LogP contribution in [0.2, 0.25) is 0 Å². The van der Waals surface area contributed by atoms with Gasteiger partial charge in [-0.15, -0.1) is 0 Å². The fourth-order valence-corrected chi connectivity index (χ4v) is 1.91. The number of carbonyl (C=O) groups excluding carboxylic acids is 1. The number of aromatic nitrogens is 2. The second-order valence-electron chi connectivity index (χ2n) is 5.01. The lowest BCUT2D eigenvalue weighted by Gasteiger charge is -2.11. The highest BCUT2D eigenvalue weighted by Crippen LogP contribution is 2.22. The van der Waals surface area contributed by atoms with Gasteiger partial charge in [0.05, 0.1) is 5.69 Å². The first kappa shape index (κ1) is 18.3. The van der Waals surface area contributed by atoms with Crippen LogP contribution in [-0.2, 0) is 4.79 Å². The number of halogens is 3. The van der Waals surface area contributed by atoms with Crippen LogP contribution >= 0.6 is 0 Å². The molecule has 25 heavy (non-hydrogen) atoms. The molecule has 0 unspecified atom stereocenters. The van der Waals surface area contributed by atoms with Gasteiger partial charge in [0.2, 0.25) is 0 Å². The number of hydrogen-bond donors (Lipinski definition) is 2. The zero-order chi connectivity index (χ0) is 18.4. The van der Waals surface area contributed by atoms with Gasteiger partial charge in [-0.05, 0) is 43.5 Å². The van der Waals surface area contributed by atoms with Crippen molar-refractivity contribution in [2.75, 3.05) is 17.2 Å². The number of amides is 1. The number of hydrogen-bond acceptors (Lipinski definition) is 4. The summed E-state index contributed by atoms with van der Waals surface area (Å²) in [4.78, 5) is 19.3. The van der Waals surface area contributed by atoms with E-state index in [9.17, 15) is 18.0 Å². The van der Waals surface area contributed by atoms with E-state index < -0.39 is 12.1 Å². The Hall–Kier alpha value is -3.08. The Labute approximate surface area is 142 Å². The number of pyridine rings is 2. The highest BCUT2D eigenvalue weighted by Gasteiger charge is 2.39. The summed E-state index contributed by atoms with van der Waals surface area (Å²) < 4.78 is 37.5. The van der Waals surface area contributed by atoms with Crippen LogP contribution in [0.3, 0.4) is 0 Å². The Balaban J connectivity index is 2.34. The van der Waals surface area contributed by atoms with Gasteiger partial charge in [-0.1, -0.05) is 5.92 Å². The summed E-state index contributed by atoms with van der Waals surface area (Å²) >= 11 is 0. The molecule has 0 aliphatic carbocycles. The van der Waals surface area contributed by atoms with Crippen molar-refractivity contribution in [2.45, 2.75) is 20.0 Å². The first-order chi connectivity index (χ1) is 11.8. The molecule has 2 rings (SSSR count). The van der Waals surface area contributed by atoms with Crippen molar-refractivity contribution in [2.24, 2.45) is 0 Å². The summed E-state index contributed by atoms with van der Waals surface area (Å²) in [6.07, 6.45) is -2.00. The van der Waals surface area contributed by atoms with E-state index in [-0.39, 0.29) is 11.4 Å². The van der Waals surface area contributed by atoms with Gasteiger partial charge in [-0.3, -0.25) is 4.79 Å². The van der Waals surface area contributed by atoms with Crippen LogP contribution in [0.25, 0.3) is 0 Å². The zero-order valence-electron chi connectivity index (χ0n) is 13.5. The molecule has 0 saturated heterocycles. The highest BCUT2D eigenvalue weighted by molar-refractivity contribution is 5.96. The molecule has 1 amide bonds. The molecule has 0 radical (unpaired) electrons. The lowest BCUT2D eigenvalue weighted by atomic mass is 10.1. The minimum Gasteiger partial charge on any atom is -0.370 e. The Bertz CT molecular complexity index is 838. The SMILES string of the molecule is CCNc1cc(C#Cc2nccc(C)c2NC(=O)C(F)(F)F)ccn1. The third-order valence-electron chi connectivity index (χ3n) is 3.10. The fourth-order valence-electron chi connectivity index (χ4n) is 1.91. The van der Waals surface area contributed by atoms with Crippen LogP contribution in [-0.4, -0.2) is 28.6 Å². The van der Waals surface area contributed by atoms with Crippen molar-refractivity contribution in [3.05, 3.63) is 47.4 Å². The van der Waals surface area contributed by atoms with E-state index in [0.29, 0.717) is 23.5 Å². The molecule has 0 aromatic carbocycles. The second-order valence-corrected chi connectivity index (χ2v) is 5.01. The van der Waals surface area contributed by atoms with E-state index in [1.54, 1.807) is 25.3 Å². The van der Waals surface area contributed by atoms with Gasteiger partial charge < -0.3 is 10.6 Å². The van der Waals surface area contributed by atoms with E-state index in [1.165, 1.54) is 12.3 Å². The van der Waals surface area contributed by atoms with E-state index in [2.05, 4.69) is 27.1 Å². The summed E-state index contributed by atoms with van der Waals surface area (Å²) in [5.41, 5.74) is 1.04. The van der Waals surface area contributed by atoms with Crippen LogP contribution in [0.5, 0.6) is 0 Å². The van der Waals surface area contributed by atoms with Crippen LogP contribution in [0, 0.1) is 18.8 Å². The molecule has 5 nitrogen and oxygen atoms in total. The normalized spacial score (nSPS) is 10.6. The molecule has 0 atom stereocenters. The van der Waals surface area contributed by atoms with E-state index in [0.717, 1.165) is 0 Å². The molecule has 0 aliphatic heterocycles. The lowest BCUT2D eigenvalue weighted by molar-refractivity contribution is -0.167. The summed E-state index contributed by atoms with van der Waals surface area (Å²) in [5.74, 6) is 4.08. The number of alkyl halides is 3. The van der Waals surface area contributed by atoms with Crippen LogP contribution in [0.15, 0.2) is 30.6 Å². The largest absolute Gasteiger partial charge is 0.471 e. The van der Waals surface area contributed by atoms with Crippen LogP contribution in [0.1, 0.15) is 23.7 Å². The summed E-state index contributed by atoms with van der Waals surface area (Å²) in [5, 5.41) is 4.87. The summed E-state index contributed by atoms with van der Waals surface area (Å²) in [6.45, 7) is 4.18. The number of rotatable bonds is 3. The molecule has 2 N–H and O–H groups in total. The molecular formula is C17H15F3N4O. The van der Waals surface area contributed by atoms with Crippen molar-refractivity contribution in [1.82, 2.24) is 9.97 Å². The Morgan fingerprint density at radius 3 is 2.60 bits per heavy atom. The number of nitrogens with zero attached hydrogens (tertiary/aromatic N) is 2. The van der Waals surface area contributed by atoms with Gasteiger partial charge in [0.1, 0.15) is 11.5 Å². The summed E-state index contributed by atoms with van der Waals surface area (Å²) in [6, 6.07) is 4.87. The maximum Gasteiger partial charge on any atom is 0.471 e. The molecule has 0 aliphatic rings. The average molecular weight is 348 g/mol. The third kappa shape index (κ3) is 4.94. The smallest absolute Gasteiger partial charge is 0.370 e. The van der Waals surface area contributed by atoms with Gasteiger partial charge in [-0.2, -0.15) is 13.2 Å². The quantitative estimate of drug-likeness (QED) is 0.837. The average Bonchev–Trinajstić information content (AvgIpc) is 2.55. The van der Waals surface area contributed by atoms with Crippen molar-refractivity contribution >= 4 is 17.4 Å². The standard InChI is InChI=1S/C17H15F3N4O/c1-3-21-14-10-12(7-9-23-14)4-5-13-15(11(2)6-8-22-13)24-16(25)17(18,19)20/h6-10H,3H2,1-2H3,(H,21,23)(H,24,25). The highest BCUT2D eigenvalue weighted by atomic mass is 19.4. The maximum absolute atomic E-state index is 12.5. The van der Waals surface area contributed by atoms with Gasteiger partial charge in [0.15, 0.2) is 0 Å². The zero-order valence-corrected chi connectivity index (χ0v) is 13.5. The van der Waals surface area contributed by atoms with Gasteiger partial charge in [0.25, 0.3) is 0 Å². The lowest BCUT2D eigenvalue weighted by Crippen LogP contribution is -2.30. The molecule has 2 aromatic rings. The third-order valence-corrected chi connectivity index (χ3v) is 3.10. The van der Waals surface area contributed by atoms with E-state index in [4.69, 9.17) is 0 Å². The fraction of sp³-hybridized carbons (Fsp3) is 0.235. The van der Waals surface area contributed by atoms with E-state index >= 15 is 0 Å². The number of aryl methyl sites for hydroxylation is 1. The molecule has 8 heteroatoms. The second kappa shape index (κ2) is 7.66. The predicted octanol–water partition coefficient (Wildman–Crippen LogP) is 3.12. The minimum atomic E-state index is -4.99. The van der Waals surface area contributed by atoms with Gasteiger partial charge in [-0.25, -0.2) is 9.97 Å². The number of anilines is 2. The van der Waals surface area contributed by atoms with Gasteiger partial charge >= 0.3 is 12.1 Å². The molecule has 2 aromatic heterocycles. The maximum atomic E-state index is 12.5. The number of carbonyl (C=O) groups is 1. The van der Waals surface area contributed by atoms with Gasteiger partial charge in [0, 0.05) is 24.5 Å². The Morgan fingerprint density at radius 1 is 1.20 bits per heavy atom. The van der Waals surface area contributed by atoms with Crippen LogP contribution in [0.4, 0.5) is 24.7 Å². The van der Waals surface area contributed by atoms with Crippen molar-refractivity contribution in [3.8, 4) is 11.8 Å². The van der Waals surface area contributed by atoms with Crippen molar-refractivity contribution in [3.63, 3.8) is 0 Å². The van der Waals surface area contributed by atoms with Crippen molar-refractivity contribution in [1.29, 1.82) is 0 Å². The molecule has 0 saturated carbocycles. The predicted molar refractivity (Wildman–Crippen MR) is 88.0 cm³/mol. The topological polar surface area (TPSA) is 66.9 Å². The summed E-state index contributed by atoms with van der Waals surface area (Å²) in [7, 11) is 0. The molecular weight excluding hydrogens is 333 g/mol. The monoisotopic (exact) mass is 348 g/mol. The molecule has 2 heterocycles. The van der Waals surface area contributed by atoms with Crippen molar-refractivity contribution < 1.29 is 18.0 Å². The molecule has 0 fully saturated rings. The minimum absolute atomic E-state index is 0.0550. The number of nitrogens with one attached hydrogen (secondary N) is 2.